The molecule has 0 bridgehead atoms. The first-order valence-electron chi connectivity index (χ1n) is 6.76. The largest absolute Gasteiger partial charge is 0.692 e. The van der Waals surface area contributed by atoms with Crippen molar-refractivity contribution in [3.05, 3.63) is 0 Å². The Kier molecular flexibility index (Phi) is 15.9. The summed E-state index contributed by atoms with van der Waals surface area (Å²) in [5, 5.41) is 8.42. The van der Waals surface area contributed by atoms with E-state index in [-0.39, 0.29) is 12.6 Å². The van der Waals surface area contributed by atoms with Gasteiger partial charge in [0.15, 0.2) is 0 Å². The van der Waals surface area contributed by atoms with E-state index in [1.54, 1.807) is 0 Å². The fourth-order valence-electron chi connectivity index (χ4n) is 1.65. The summed E-state index contributed by atoms with van der Waals surface area (Å²) in [6, 6.07) is 0. The van der Waals surface area contributed by atoms with Crippen molar-refractivity contribution in [3.8, 4) is 0 Å². The molecule has 0 atom stereocenters. The monoisotopic (exact) mass is 347 g/mol. The molecule has 5 N–H and O–H groups in total. The van der Waals surface area contributed by atoms with E-state index in [1.165, 1.54) is 0 Å². The number of carbonyl (C=O) groups is 1. The van der Waals surface area contributed by atoms with Crippen LogP contribution in [-0.2, 0) is 13.9 Å². The summed E-state index contributed by atoms with van der Waals surface area (Å²) < 4.78 is 19.2. The van der Waals surface area contributed by atoms with E-state index in [0.29, 0.717) is 6.42 Å². The lowest BCUT2D eigenvalue weighted by Crippen LogP contribution is -1.93. The summed E-state index contributed by atoms with van der Waals surface area (Å²) in [6.45, 7) is 0. The Bertz CT molecular complexity index is 324. The van der Waals surface area contributed by atoms with Gasteiger partial charge in [-0.05, 0) is 12.8 Å². The standard InChI is InChI=1S/C11H23O5P.HO3P/c12-11(13)9-7-5-3-1-2-4-6-8-10-17(14,15)16;1-4(2)3/h1-10H2,(H,12,13)(H2,14,15,16);(H-,1,2,3)/p+1. The van der Waals surface area contributed by atoms with Crippen molar-refractivity contribution in [3.63, 3.8) is 0 Å². The topological polar surface area (TPSA) is 152 Å². The number of rotatable bonds is 11. The van der Waals surface area contributed by atoms with Gasteiger partial charge in [-0.2, -0.15) is 0 Å². The lowest BCUT2D eigenvalue weighted by Gasteiger charge is -2.03. The van der Waals surface area contributed by atoms with Crippen LogP contribution in [0.2, 0.25) is 0 Å². The van der Waals surface area contributed by atoms with E-state index in [0.717, 1.165) is 44.9 Å². The minimum atomic E-state index is -3.80. The van der Waals surface area contributed by atoms with Crippen LogP contribution in [0, 0.1) is 0 Å². The van der Waals surface area contributed by atoms with Gasteiger partial charge in [0.05, 0.1) is 0 Å². The van der Waals surface area contributed by atoms with E-state index in [2.05, 4.69) is 0 Å². The van der Waals surface area contributed by atoms with Gasteiger partial charge in [0.2, 0.25) is 0 Å². The summed E-state index contributed by atoms with van der Waals surface area (Å²) in [7, 11) is -6.67. The Morgan fingerprint density at radius 3 is 1.52 bits per heavy atom. The van der Waals surface area contributed by atoms with Crippen molar-refractivity contribution < 1.29 is 38.6 Å². The van der Waals surface area contributed by atoms with Crippen LogP contribution in [0.1, 0.15) is 57.8 Å². The van der Waals surface area contributed by atoms with Gasteiger partial charge in [0.1, 0.15) is 0 Å². The molecule has 0 fully saturated rings. The molecule has 0 unspecified atom stereocenters. The Labute approximate surface area is 125 Å². The average Bonchev–Trinajstić information content (AvgIpc) is 2.29. The molecular formula is C11H25O8P2+. The van der Waals surface area contributed by atoms with Crippen LogP contribution in [0.3, 0.4) is 0 Å². The molecule has 0 saturated carbocycles. The van der Waals surface area contributed by atoms with Crippen LogP contribution in [0.15, 0.2) is 0 Å². The number of hydrogen-bond donors (Lipinski definition) is 5. The van der Waals surface area contributed by atoms with Crippen LogP contribution < -0.4 is 0 Å². The maximum atomic E-state index is 10.5. The van der Waals surface area contributed by atoms with Gasteiger partial charge >= 0.3 is 21.8 Å². The Morgan fingerprint density at radius 1 is 0.857 bits per heavy atom. The first-order chi connectivity index (χ1) is 9.65. The number of unbranched alkanes of at least 4 members (excludes halogenated alkanes) is 7. The molecule has 0 radical (unpaired) electrons. The van der Waals surface area contributed by atoms with E-state index < -0.39 is 21.8 Å². The number of carboxylic acids is 1. The van der Waals surface area contributed by atoms with Crippen molar-refractivity contribution in [2.45, 2.75) is 57.8 Å². The molecule has 10 heteroatoms. The van der Waals surface area contributed by atoms with Crippen molar-refractivity contribution in [2.75, 3.05) is 6.16 Å². The molecule has 8 nitrogen and oxygen atoms in total. The highest BCUT2D eigenvalue weighted by molar-refractivity contribution is 7.51. The third kappa shape index (κ3) is 32.8. The number of hydrogen-bond acceptors (Lipinski definition) is 3. The molecular weight excluding hydrogens is 322 g/mol. The molecule has 0 aliphatic rings. The molecule has 0 aromatic carbocycles. The predicted octanol–water partition coefficient (Wildman–Crippen LogP) is 2.39. The predicted molar refractivity (Wildman–Crippen MR) is 78.1 cm³/mol. The Hall–Kier alpha value is -0.360. The molecule has 21 heavy (non-hydrogen) atoms. The van der Waals surface area contributed by atoms with Crippen LogP contribution in [0.25, 0.3) is 0 Å². The summed E-state index contributed by atoms with van der Waals surface area (Å²) in [6.07, 6.45) is 7.58. The maximum absolute atomic E-state index is 10.5. The second kappa shape index (κ2) is 14.6. The quantitative estimate of drug-likeness (QED) is 0.282. The Balaban J connectivity index is 0. The molecule has 0 aliphatic heterocycles. The third-order valence-electron chi connectivity index (χ3n) is 2.59. The number of carboxylic acid groups (broad SMARTS) is 1. The zero-order chi connectivity index (χ0) is 16.7. The Morgan fingerprint density at radius 2 is 1.19 bits per heavy atom. The maximum Gasteiger partial charge on any atom is 0.692 e. The first kappa shape index (κ1) is 22.9. The minimum Gasteiger partial charge on any atom is -0.481 e. The van der Waals surface area contributed by atoms with E-state index in [9.17, 15) is 9.36 Å². The summed E-state index contributed by atoms with van der Waals surface area (Å²) >= 11 is 0. The number of aliphatic carboxylic acids is 1. The SMILES string of the molecule is O=C(O)CCCCCCCCCCP(=O)(O)O.O=[P+](O)O. The highest BCUT2D eigenvalue weighted by Gasteiger charge is 2.10. The third-order valence-corrected chi connectivity index (χ3v) is 3.49. The molecule has 0 amide bonds. The summed E-state index contributed by atoms with van der Waals surface area (Å²) in [5.74, 6) is -0.734. The highest BCUT2D eigenvalue weighted by Crippen LogP contribution is 2.35. The fraction of sp³-hybridized carbons (Fsp3) is 0.909. The lowest BCUT2D eigenvalue weighted by atomic mass is 10.1. The molecule has 0 spiro atoms. The van der Waals surface area contributed by atoms with Crippen molar-refractivity contribution in [1.82, 2.24) is 0 Å². The minimum absolute atomic E-state index is 0.00832. The van der Waals surface area contributed by atoms with Gasteiger partial charge in [0, 0.05) is 17.1 Å². The molecule has 0 saturated heterocycles. The second-order valence-corrected chi connectivity index (χ2v) is 6.90. The second-order valence-electron chi connectivity index (χ2n) is 4.61. The fourth-order valence-corrected chi connectivity index (χ4v) is 2.29. The lowest BCUT2D eigenvalue weighted by molar-refractivity contribution is -0.137. The summed E-state index contributed by atoms with van der Waals surface area (Å²) in [5.41, 5.74) is 0. The van der Waals surface area contributed by atoms with E-state index in [1.807, 2.05) is 0 Å². The molecule has 0 rings (SSSR count). The molecule has 0 aliphatic carbocycles. The van der Waals surface area contributed by atoms with Gasteiger partial charge in [0.25, 0.3) is 0 Å². The van der Waals surface area contributed by atoms with Gasteiger partial charge < -0.3 is 14.9 Å². The van der Waals surface area contributed by atoms with Crippen molar-refractivity contribution in [2.24, 2.45) is 0 Å². The van der Waals surface area contributed by atoms with Crippen molar-refractivity contribution in [1.29, 1.82) is 0 Å². The smallest absolute Gasteiger partial charge is 0.481 e. The highest BCUT2D eigenvalue weighted by atomic mass is 31.2. The molecule has 126 valence electrons. The average molecular weight is 347 g/mol. The van der Waals surface area contributed by atoms with E-state index in [4.69, 9.17) is 29.2 Å². The molecule has 0 heterocycles. The van der Waals surface area contributed by atoms with Crippen LogP contribution in [0.5, 0.6) is 0 Å². The summed E-state index contributed by atoms with van der Waals surface area (Å²) in [4.78, 5) is 41.7. The van der Waals surface area contributed by atoms with Gasteiger partial charge in [-0.25, -0.2) is 0 Å². The van der Waals surface area contributed by atoms with E-state index >= 15 is 0 Å². The van der Waals surface area contributed by atoms with Gasteiger partial charge in [-0.3, -0.25) is 9.36 Å². The van der Waals surface area contributed by atoms with Crippen molar-refractivity contribution >= 4 is 21.8 Å². The zero-order valence-electron chi connectivity index (χ0n) is 11.9. The van der Waals surface area contributed by atoms with Crippen LogP contribution in [0.4, 0.5) is 0 Å². The van der Waals surface area contributed by atoms with Gasteiger partial charge in [-0.1, -0.05) is 38.5 Å². The van der Waals surface area contributed by atoms with Gasteiger partial charge in [-0.15, -0.1) is 9.79 Å². The zero-order valence-corrected chi connectivity index (χ0v) is 13.7. The molecule has 0 aromatic rings. The van der Waals surface area contributed by atoms with Crippen LogP contribution in [-0.4, -0.2) is 36.8 Å². The first-order valence-corrected chi connectivity index (χ1v) is 9.73. The van der Waals surface area contributed by atoms with Crippen LogP contribution >= 0.6 is 15.9 Å². The normalized spacial score (nSPS) is 10.7. The molecule has 0 aromatic heterocycles.